The van der Waals surface area contributed by atoms with Crippen LogP contribution < -0.4 is 11.3 Å². The minimum absolute atomic E-state index is 0.163. The highest BCUT2D eigenvalue weighted by atomic mass is 16.2. The molecule has 1 aromatic rings. The summed E-state index contributed by atoms with van der Waals surface area (Å²) in [4.78, 5) is 28.0. The van der Waals surface area contributed by atoms with Crippen LogP contribution in [0, 0.1) is 12.3 Å². The molecule has 0 radical (unpaired) electrons. The van der Waals surface area contributed by atoms with Gasteiger partial charge in [-0.3, -0.25) is 9.59 Å². The average Bonchev–Trinajstić information content (AvgIpc) is 2.27. The molecule has 0 saturated heterocycles. The molecule has 100 valence electrons. The van der Waals surface area contributed by atoms with Crippen molar-refractivity contribution >= 4 is 5.91 Å². The van der Waals surface area contributed by atoms with Crippen LogP contribution in [-0.2, 0) is 0 Å². The molecule has 0 unspecified atom stereocenters. The minimum atomic E-state index is -0.350. The first kappa shape index (κ1) is 14.4. The Kier molecular flexibility index (Phi) is 4.29. The van der Waals surface area contributed by atoms with E-state index in [4.69, 9.17) is 5.73 Å². The molecule has 3 N–H and O–H groups in total. The Balaban J connectivity index is 2.91. The Bertz CT molecular complexity index is 491. The predicted molar refractivity (Wildman–Crippen MR) is 71.6 cm³/mol. The van der Waals surface area contributed by atoms with Crippen molar-refractivity contribution in [1.82, 2.24) is 9.88 Å². The first-order valence-corrected chi connectivity index (χ1v) is 5.92. The maximum absolute atomic E-state index is 12.1. The summed E-state index contributed by atoms with van der Waals surface area (Å²) in [7, 11) is 1.68. The summed E-state index contributed by atoms with van der Waals surface area (Å²) in [5.41, 5.74) is 6.02. The van der Waals surface area contributed by atoms with Crippen LogP contribution in [0.2, 0.25) is 0 Å². The monoisotopic (exact) mass is 251 g/mol. The number of hydrogen-bond donors (Lipinski definition) is 2. The lowest BCUT2D eigenvalue weighted by atomic mass is 9.93. The summed E-state index contributed by atoms with van der Waals surface area (Å²) in [6, 6.07) is 3.28. The van der Waals surface area contributed by atoms with Crippen LogP contribution in [0.1, 0.15) is 29.9 Å². The van der Waals surface area contributed by atoms with E-state index in [1.807, 2.05) is 13.8 Å². The summed E-state index contributed by atoms with van der Waals surface area (Å²) < 4.78 is 0. The molecule has 0 aromatic carbocycles. The summed E-state index contributed by atoms with van der Waals surface area (Å²) in [6.45, 7) is 6.73. The van der Waals surface area contributed by atoms with Gasteiger partial charge in [0.05, 0.1) is 0 Å². The van der Waals surface area contributed by atoms with Crippen molar-refractivity contribution in [3.63, 3.8) is 0 Å². The second-order valence-electron chi connectivity index (χ2n) is 5.41. The van der Waals surface area contributed by atoms with Crippen molar-refractivity contribution in [3.05, 3.63) is 33.7 Å². The Morgan fingerprint density at radius 2 is 2.06 bits per heavy atom. The van der Waals surface area contributed by atoms with Gasteiger partial charge in [0.25, 0.3) is 11.5 Å². The number of aryl methyl sites for hydroxylation is 1. The molecule has 0 bridgehead atoms. The molecular formula is C13H21N3O2. The number of carbonyl (C=O) groups is 1. The highest BCUT2D eigenvalue weighted by Crippen LogP contribution is 2.14. The quantitative estimate of drug-likeness (QED) is 0.828. The van der Waals surface area contributed by atoms with Crippen molar-refractivity contribution in [2.75, 3.05) is 20.1 Å². The average molecular weight is 251 g/mol. The molecule has 0 saturated carbocycles. The van der Waals surface area contributed by atoms with Crippen LogP contribution in [-0.4, -0.2) is 35.9 Å². The molecule has 1 aromatic heterocycles. The summed E-state index contributed by atoms with van der Waals surface area (Å²) >= 11 is 0. The molecule has 0 fully saturated rings. The van der Waals surface area contributed by atoms with E-state index >= 15 is 0 Å². The molecule has 18 heavy (non-hydrogen) atoms. The third kappa shape index (κ3) is 3.43. The maximum atomic E-state index is 12.1. The molecule has 1 rings (SSSR count). The molecular weight excluding hydrogens is 230 g/mol. The number of aromatic nitrogens is 1. The standard InChI is InChI=1S/C13H21N3O2/c1-9-5-6-10(11(17)15-9)12(18)16(4)8-13(2,3)7-14/h5-6H,7-8,14H2,1-4H3,(H,15,17). The van der Waals surface area contributed by atoms with Gasteiger partial charge < -0.3 is 15.6 Å². The molecule has 0 aliphatic rings. The van der Waals surface area contributed by atoms with Gasteiger partial charge in [-0.25, -0.2) is 0 Å². The number of nitrogens with one attached hydrogen (secondary N) is 1. The SMILES string of the molecule is Cc1ccc(C(=O)N(C)CC(C)(C)CN)c(=O)[nH]1. The number of nitrogens with two attached hydrogens (primary N) is 1. The van der Waals surface area contributed by atoms with Crippen molar-refractivity contribution in [3.8, 4) is 0 Å². The van der Waals surface area contributed by atoms with Crippen molar-refractivity contribution in [2.24, 2.45) is 11.1 Å². The molecule has 5 nitrogen and oxygen atoms in total. The fourth-order valence-corrected chi connectivity index (χ4v) is 1.72. The lowest BCUT2D eigenvalue weighted by molar-refractivity contribution is 0.0739. The van der Waals surface area contributed by atoms with Crippen LogP contribution in [0.4, 0.5) is 0 Å². The predicted octanol–water partition coefficient (Wildman–Crippen LogP) is 0.740. The maximum Gasteiger partial charge on any atom is 0.260 e. The second-order valence-corrected chi connectivity index (χ2v) is 5.41. The van der Waals surface area contributed by atoms with Crippen LogP contribution in [0.15, 0.2) is 16.9 Å². The van der Waals surface area contributed by atoms with Crippen LogP contribution >= 0.6 is 0 Å². The van der Waals surface area contributed by atoms with Gasteiger partial charge in [-0.1, -0.05) is 13.8 Å². The van der Waals surface area contributed by atoms with Gasteiger partial charge in [-0.05, 0) is 31.0 Å². The van der Waals surface area contributed by atoms with E-state index in [9.17, 15) is 9.59 Å². The van der Waals surface area contributed by atoms with E-state index in [-0.39, 0.29) is 22.4 Å². The van der Waals surface area contributed by atoms with Crippen molar-refractivity contribution in [2.45, 2.75) is 20.8 Å². The molecule has 1 amide bonds. The van der Waals surface area contributed by atoms with E-state index in [1.54, 1.807) is 26.1 Å². The van der Waals surface area contributed by atoms with Gasteiger partial charge >= 0.3 is 0 Å². The first-order valence-electron chi connectivity index (χ1n) is 5.92. The fourth-order valence-electron chi connectivity index (χ4n) is 1.72. The minimum Gasteiger partial charge on any atom is -0.341 e. The summed E-state index contributed by atoms with van der Waals surface area (Å²) in [5, 5.41) is 0. The number of hydrogen-bond acceptors (Lipinski definition) is 3. The Morgan fingerprint density at radius 1 is 1.44 bits per heavy atom. The number of pyridine rings is 1. The number of aromatic amines is 1. The van der Waals surface area contributed by atoms with E-state index in [0.717, 1.165) is 5.69 Å². The van der Waals surface area contributed by atoms with Gasteiger partial charge in [0.1, 0.15) is 5.56 Å². The van der Waals surface area contributed by atoms with E-state index in [2.05, 4.69) is 4.98 Å². The number of H-pyrrole nitrogens is 1. The highest BCUT2D eigenvalue weighted by molar-refractivity contribution is 5.93. The Morgan fingerprint density at radius 3 is 2.56 bits per heavy atom. The Hall–Kier alpha value is -1.62. The highest BCUT2D eigenvalue weighted by Gasteiger charge is 2.23. The second kappa shape index (κ2) is 5.35. The zero-order valence-electron chi connectivity index (χ0n) is 11.4. The number of rotatable bonds is 4. The van der Waals surface area contributed by atoms with Crippen molar-refractivity contribution < 1.29 is 4.79 Å². The first-order chi connectivity index (χ1) is 8.26. The number of nitrogens with zero attached hydrogens (tertiary/aromatic N) is 1. The van der Waals surface area contributed by atoms with E-state index < -0.39 is 0 Å². The molecule has 0 spiro atoms. The smallest absolute Gasteiger partial charge is 0.260 e. The van der Waals surface area contributed by atoms with Crippen LogP contribution in [0.5, 0.6) is 0 Å². The van der Waals surface area contributed by atoms with Crippen molar-refractivity contribution in [1.29, 1.82) is 0 Å². The van der Waals surface area contributed by atoms with Gasteiger partial charge in [-0.15, -0.1) is 0 Å². The summed E-state index contributed by atoms with van der Waals surface area (Å²) in [5.74, 6) is -0.280. The third-order valence-corrected chi connectivity index (χ3v) is 2.85. The lowest BCUT2D eigenvalue weighted by Crippen LogP contribution is -2.41. The van der Waals surface area contributed by atoms with Crippen LogP contribution in [0.25, 0.3) is 0 Å². The largest absolute Gasteiger partial charge is 0.341 e. The van der Waals surface area contributed by atoms with Gasteiger partial charge in [-0.2, -0.15) is 0 Å². The third-order valence-electron chi connectivity index (χ3n) is 2.85. The summed E-state index contributed by atoms with van der Waals surface area (Å²) in [6.07, 6.45) is 0. The van der Waals surface area contributed by atoms with E-state index in [1.165, 1.54) is 4.90 Å². The Labute approximate surface area is 107 Å². The molecule has 0 aliphatic carbocycles. The molecule has 0 atom stereocenters. The number of amides is 1. The molecule has 1 heterocycles. The van der Waals surface area contributed by atoms with Gasteiger partial charge in [0.2, 0.25) is 0 Å². The van der Waals surface area contributed by atoms with Crippen LogP contribution in [0.3, 0.4) is 0 Å². The van der Waals surface area contributed by atoms with E-state index in [0.29, 0.717) is 13.1 Å². The van der Waals surface area contributed by atoms with Gasteiger partial charge in [0.15, 0.2) is 0 Å². The lowest BCUT2D eigenvalue weighted by Gasteiger charge is -2.28. The number of carbonyl (C=O) groups excluding carboxylic acids is 1. The van der Waals surface area contributed by atoms with Gasteiger partial charge in [0, 0.05) is 19.3 Å². The normalized spacial score (nSPS) is 11.4. The topological polar surface area (TPSA) is 79.2 Å². The molecule has 0 aliphatic heterocycles. The zero-order chi connectivity index (χ0) is 13.9. The molecule has 5 heteroatoms. The fraction of sp³-hybridized carbons (Fsp3) is 0.538. The zero-order valence-corrected chi connectivity index (χ0v) is 11.4.